The summed E-state index contributed by atoms with van der Waals surface area (Å²) in [7, 11) is -2.43. The highest BCUT2D eigenvalue weighted by atomic mass is 35.5. The van der Waals surface area contributed by atoms with Gasteiger partial charge in [0.05, 0.1) is 23.7 Å². The molecule has 38 heavy (non-hydrogen) atoms. The van der Waals surface area contributed by atoms with E-state index in [1.165, 1.54) is 19.2 Å². The van der Waals surface area contributed by atoms with E-state index in [-0.39, 0.29) is 40.0 Å². The molecule has 2 aromatic heterocycles. The first-order valence-electron chi connectivity index (χ1n) is 12.0. The van der Waals surface area contributed by atoms with E-state index >= 15 is 4.39 Å². The Morgan fingerprint density at radius 3 is 2.66 bits per heavy atom. The molecule has 1 aliphatic rings. The minimum atomic E-state index is -3.71. The van der Waals surface area contributed by atoms with E-state index in [1.54, 1.807) is 30.1 Å². The number of halogens is 2. The summed E-state index contributed by atoms with van der Waals surface area (Å²) in [5.74, 6) is -0.502. The molecule has 1 saturated carbocycles. The van der Waals surface area contributed by atoms with E-state index in [4.69, 9.17) is 11.6 Å². The Hall–Kier alpha value is -3.45. The highest BCUT2D eigenvalue weighted by Gasteiger charge is 2.36. The molecule has 1 aromatic carbocycles. The van der Waals surface area contributed by atoms with Gasteiger partial charge in [0.25, 0.3) is 0 Å². The van der Waals surface area contributed by atoms with Gasteiger partial charge < -0.3 is 15.4 Å². The molecule has 204 valence electrons. The number of hydrogen-bond donors (Lipinski definition) is 3. The molecule has 1 fully saturated rings. The van der Waals surface area contributed by atoms with Gasteiger partial charge in [-0.2, -0.15) is 5.10 Å². The lowest BCUT2D eigenvalue weighted by Crippen LogP contribution is -2.37. The number of alkyl carbamates (subject to hydrolysis) is 1. The summed E-state index contributed by atoms with van der Waals surface area (Å²) in [4.78, 5) is 20.2. The maximum absolute atomic E-state index is 15.8. The van der Waals surface area contributed by atoms with Crippen LogP contribution in [0.4, 0.5) is 20.8 Å². The van der Waals surface area contributed by atoms with E-state index in [0.717, 1.165) is 0 Å². The topological polar surface area (TPSA) is 140 Å². The predicted octanol–water partition coefficient (Wildman–Crippen LogP) is 4.44. The summed E-state index contributed by atoms with van der Waals surface area (Å²) in [6, 6.07) is 3.99. The van der Waals surface area contributed by atoms with Crippen molar-refractivity contribution < 1.29 is 22.3 Å². The quantitative estimate of drug-likeness (QED) is 0.328. The van der Waals surface area contributed by atoms with Crippen LogP contribution in [0.2, 0.25) is 5.02 Å². The van der Waals surface area contributed by atoms with Crippen molar-refractivity contribution in [2.24, 2.45) is 0 Å². The minimum Gasteiger partial charge on any atom is -0.453 e. The Balaban J connectivity index is 1.70. The minimum absolute atomic E-state index is 0.0319. The number of amides is 1. The van der Waals surface area contributed by atoms with Crippen LogP contribution in [0.5, 0.6) is 0 Å². The molecule has 3 N–H and O–H groups in total. The lowest BCUT2D eigenvalue weighted by molar-refractivity contribution is 0.168. The monoisotopic (exact) mass is 565 g/mol. The zero-order valence-corrected chi connectivity index (χ0v) is 22.9. The highest BCUT2D eigenvalue weighted by molar-refractivity contribution is 7.93. The number of anilines is 2. The summed E-state index contributed by atoms with van der Waals surface area (Å²) >= 11 is 6.30. The van der Waals surface area contributed by atoms with Crippen LogP contribution in [0.15, 0.2) is 30.6 Å². The average Bonchev–Trinajstić information content (AvgIpc) is 3.64. The van der Waals surface area contributed by atoms with Crippen LogP contribution >= 0.6 is 11.6 Å². The lowest BCUT2D eigenvalue weighted by atomic mass is 10.0. The Morgan fingerprint density at radius 2 is 2.00 bits per heavy atom. The van der Waals surface area contributed by atoms with E-state index < -0.39 is 27.2 Å². The average molecular weight is 566 g/mol. The highest BCUT2D eigenvalue weighted by Crippen LogP contribution is 2.38. The van der Waals surface area contributed by atoms with Gasteiger partial charge in [0.2, 0.25) is 16.0 Å². The summed E-state index contributed by atoms with van der Waals surface area (Å²) in [5.41, 5.74) is 1.00. The van der Waals surface area contributed by atoms with E-state index in [9.17, 15) is 13.2 Å². The summed E-state index contributed by atoms with van der Waals surface area (Å²) < 4.78 is 49.3. The third kappa shape index (κ3) is 6.33. The number of nitrogens with one attached hydrogen (secondary N) is 3. The Morgan fingerprint density at radius 1 is 1.26 bits per heavy atom. The summed E-state index contributed by atoms with van der Waals surface area (Å²) in [6.07, 6.45) is 3.80. The first-order chi connectivity index (χ1) is 18.0. The number of hydrogen-bond acceptors (Lipinski definition) is 8. The molecular formula is C24H29ClFN7O4S. The van der Waals surface area contributed by atoms with Crippen molar-refractivity contribution in [3.05, 3.63) is 41.4 Å². The van der Waals surface area contributed by atoms with Crippen molar-refractivity contribution >= 4 is 39.4 Å². The Kier molecular flexibility index (Phi) is 8.07. The molecule has 0 radical (unpaired) electrons. The molecule has 1 aliphatic carbocycles. The number of methoxy groups -OCH3 is 1. The fourth-order valence-electron chi connectivity index (χ4n) is 3.64. The Bertz CT molecular complexity index is 1440. The van der Waals surface area contributed by atoms with Gasteiger partial charge in [-0.3, -0.25) is 9.40 Å². The smallest absolute Gasteiger partial charge is 0.407 e. The number of carbonyl (C=O) groups excluding carboxylic acids is 1. The van der Waals surface area contributed by atoms with Gasteiger partial charge >= 0.3 is 6.09 Å². The zero-order valence-electron chi connectivity index (χ0n) is 21.3. The molecular weight excluding hydrogens is 537 g/mol. The molecule has 3 aromatic rings. The molecule has 1 unspecified atom stereocenters. The lowest BCUT2D eigenvalue weighted by Gasteiger charge is -2.14. The molecule has 1 atom stereocenters. The van der Waals surface area contributed by atoms with Crippen LogP contribution in [0, 0.1) is 5.82 Å². The molecule has 14 heteroatoms. The number of carbonyl (C=O) groups is 1. The maximum Gasteiger partial charge on any atom is 0.407 e. The number of nitrogens with zero attached hydrogens (tertiary/aromatic N) is 4. The fourth-order valence-corrected chi connectivity index (χ4v) is 5.24. The third-order valence-electron chi connectivity index (χ3n) is 5.82. The van der Waals surface area contributed by atoms with Gasteiger partial charge in [-0.1, -0.05) is 11.6 Å². The Labute approximate surface area is 225 Å². The van der Waals surface area contributed by atoms with Crippen molar-refractivity contribution in [1.82, 2.24) is 25.1 Å². The first-order valence-corrected chi connectivity index (χ1v) is 13.9. The van der Waals surface area contributed by atoms with Crippen molar-refractivity contribution in [1.29, 1.82) is 0 Å². The van der Waals surface area contributed by atoms with E-state index in [1.807, 2.05) is 13.8 Å². The van der Waals surface area contributed by atoms with Crippen molar-refractivity contribution in [3.63, 3.8) is 0 Å². The molecule has 1 amide bonds. The van der Waals surface area contributed by atoms with Crippen LogP contribution in [-0.2, 0) is 14.8 Å². The van der Waals surface area contributed by atoms with Crippen molar-refractivity contribution in [3.8, 4) is 22.5 Å². The van der Waals surface area contributed by atoms with Crippen LogP contribution in [0.1, 0.15) is 39.7 Å². The predicted molar refractivity (Wildman–Crippen MR) is 143 cm³/mol. The number of rotatable bonds is 10. The fraction of sp³-hybridized carbons (Fsp3) is 0.417. The van der Waals surface area contributed by atoms with Gasteiger partial charge in [-0.15, -0.1) is 0 Å². The van der Waals surface area contributed by atoms with Gasteiger partial charge in [0.1, 0.15) is 5.69 Å². The van der Waals surface area contributed by atoms with Crippen LogP contribution in [0.3, 0.4) is 0 Å². The van der Waals surface area contributed by atoms with E-state index in [0.29, 0.717) is 30.6 Å². The molecule has 0 bridgehead atoms. The second-order valence-electron chi connectivity index (χ2n) is 9.31. The molecule has 4 rings (SSSR count). The second-order valence-corrected chi connectivity index (χ2v) is 11.7. The number of sulfonamides is 1. The third-order valence-corrected chi connectivity index (χ3v) is 7.89. The second kappa shape index (κ2) is 11.1. The van der Waals surface area contributed by atoms with Crippen LogP contribution in [0.25, 0.3) is 22.5 Å². The molecule has 2 heterocycles. The van der Waals surface area contributed by atoms with Gasteiger partial charge in [0.15, 0.2) is 5.82 Å². The summed E-state index contributed by atoms with van der Waals surface area (Å²) in [6.45, 7) is 5.96. The standard InChI is InChI=1S/C24H29ClFN7O4S/c1-13(2)33-12-18(19-7-8-27-23(30-19)28-11-14(3)29-24(34)37-4)22(31-33)17-9-15(25)10-20(21(17)26)32-38(35,36)16-5-6-16/h7-10,12-14,16,32H,5-6,11H2,1-4H3,(H,29,34)(H,27,28,30). The number of ether oxygens (including phenoxy) is 1. The van der Waals surface area contributed by atoms with Gasteiger partial charge in [-0.05, 0) is 51.8 Å². The number of aromatic nitrogens is 4. The normalized spacial score (nSPS) is 14.3. The zero-order chi connectivity index (χ0) is 27.6. The molecule has 0 saturated heterocycles. The summed E-state index contributed by atoms with van der Waals surface area (Å²) in [5, 5.41) is 9.90. The van der Waals surface area contributed by atoms with Crippen molar-refractivity contribution in [2.45, 2.75) is 50.9 Å². The number of benzene rings is 1. The van der Waals surface area contributed by atoms with E-state index in [2.05, 4.69) is 35.2 Å². The van der Waals surface area contributed by atoms with Crippen LogP contribution in [-0.4, -0.2) is 59.2 Å². The molecule has 0 aliphatic heterocycles. The molecule has 11 nitrogen and oxygen atoms in total. The largest absolute Gasteiger partial charge is 0.453 e. The van der Waals surface area contributed by atoms with Gasteiger partial charge in [0, 0.05) is 47.2 Å². The van der Waals surface area contributed by atoms with Crippen molar-refractivity contribution in [2.75, 3.05) is 23.7 Å². The molecule has 0 spiro atoms. The van der Waals surface area contributed by atoms with Crippen LogP contribution < -0.4 is 15.4 Å². The first kappa shape index (κ1) is 27.6. The van der Waals surface area contributed by atoms with Gasteiger partial charge in [-0.25, -0.2) is 27.6 Å². The maximum atomic E-state index is 15.8. The SMILES string of the molecule is COC(=O)NC(C)CNc1nccc(-c2cn(C(C)C)nc2-c2cc(Cl)cc(NS(=O)(=O)C3CC3)c2F)n1.